The predicted octanol–water partition coefficient (Wildman–Crippen LogP) is 3.83. The molecule has 1 saturated heterocycles. The van der Waals surface area contributed by atoms with E-state index in [9.17, 15) is 24.1 Å². The van der Waals surface area contributed by atoms with E-state index in [4.69, 9.17) is 21.4 Å². The van der Waals surface area contributed by atoms with Gasteiger partial charge in [-0.15, -0.1) is 0 Å². The van der Waals surface area contributed by atoms with E-state index >= 15 is 0 Å². The van der Waals surface area contributed by atoms with Crippen LogP contribution in [0.4, 0.5) is 15.8 Å². The lowest BCUT2D eigenvalue weighted by Gasteiger charge is -2.28. The molecule has 0 unspecified atom stereocenters. The van der Waals surface area contributed by atoms with Crippen LogP contribution in [-0.2, 0) is 9.59 Å². The minimum absolute atomic E-state index is 0.103. The molecule has 1 aliphatic heterocycles. The number of hydrogen-bond acceptors (Lipinski definition) is 7. The van der Waals surface area contributed by atoms with Gasteiger partial charge in [-0.25, -0.2) is 9.29 Å². The van der Waals surface area contributed by atoms with Crippen molar-refractivity contribution in [1.82, 2.24) is 5.32 Å². The normalized spacial score (nSPS) is 15.0. The van der Waals surface area contributed by atoms with Crippen LogP contribution in [0.2, 0.25) is 0 Å². The Balaban J connectivity index is 1.69. The second kappa shape index (κ2) is 8.63. The fraction of sp³-hybridized carbons (Fsp3) is 0.0455. The van der Waals surface area contributed by atoms with Crippen LogP contribution in [-0.4, -0.2) is 29.0 Å². The van der Waals surface area contributed by atoms with Gasteiger partial charge in [-0.1, -0.05) is 12.1 Å². The van der Waals surface area contributed by atoms with Crippen molar-refractivity contribution in [2.45, 2.75) is 0 Å². The zero-order valence-corrected chi connectivity index (χ0v) is 17.7. The van der Waals surface area contributed by atoms with Gasteiger partial charge < -0.3 is 9.15 Å². The van der Waals surface area contributed by atoms with Gasteiger partial charge in [-0.05, 0) is 48.6 Å². The first-order valence-electron chi connectivity index (χ1n) is 9.38. The van der Waals surface area contributed by atoms with Crippen LogP contribution in [0.15, 0.2) is 64.6 Å². The summed E-state index contributed by atoms with van der Waals surface area (Å²) in [5.41, 5.74) is -0.142. The summed E-state index contributed by atoms with van der Waals surface area (Å²) in [5, 5.41) is 13.1. The lowest BCUT2D eigenvalue weighted by Crippen LogP contribution is -2.54. The summed E-state index contributed by atoms with van der Waals surface area (Å²) in [7, 11) is 1.36. The van der Waals surface area contributed by atoms with Crippen molar-refractivity contribution in [2.24, 2.45) is 0 Å². The summed E-state index contributed by atoms with van der Waals surface area (Å²) in [4.78, 5) is 36.8. The number of anilines is 1. The van der Waals surface area contributed by atoms with Gasteiger partial charge in [0.15, 0.2) is 5.11 Å². The van der Waals surface area contributed by atoms with Crippen molar-refractivity contribution in [3.8, 4) is 17.1 Å². The number of non-ortho nitro benzene ring substituents is 1. The molecular weight excluding hydrogens is 453 g/mol. The van der Waals surface area contributed by atoms with E-state index in [1.807, 2.05) is 0 Å². The summed E-state index contributed by atoms with van der Waals surface area (Å²) in [6, 6.07) is 12.6. The van der Waals surface area contributed by atoms with Gasteiger partial charge in [0.05, 0.1) is 29.4 Å². The van der Waals surface area contributed by atoms with E-state index in [0.717, 1.165) is 4.90 Å². The number of para-hydroxylation sites is 1. The SMILES string of the molecule is COc1cc([N+](=O)[O-])ccc1-c1ccc(/C=C2\C(=O)NC(=S)N(c3ccccc3F)C2=O)o1. The highest BCUT2D eigenvalue weighted by Gasteiger charge is 2.36. The number of nitrogens with one attached hydrogen (secondary N) is 1. The molecule has 166 valence electrons. The van der Waals surface area contributed by atoms with E-state index in [2.05, 4.69) is 5.32 Å². The number of benzene rings is 2. The summed E-state index contributed by atoms with van der Waals surface area (Å²) in [5.74, 6) is -1.62. The van der Waals surface area contributed by atoms with Gasteiger partial charge in [0.1, 0.15) is 28.7 Å². The summed E-state index contributed by atoms with van der Waals surface area (Å²) >= 11 is 5.06. The second-order valence-corrected chi connectivity index (χ2v) is 7.14. The number of thiocarbonyl (C=S) groups is 1. The van der Waals surface area contributed by atoms with E-state index < -0.39 is 22.6 Å². The predicted molar refractivity (Wildman–Crippen MR) is 120 cm³/mol. The molecule has 0 spiro atoms. The second-order valence-electron chi connectivity index (χ2n) is 6.75. The average Bonchev–Trinajstić information content (AvgIpc) is 3.25. The molecule has 0 bridgehead atoms. The Bertz CT molecular complexity index is 1350. The molecule has 2 aromatic carbocycles. The molecule has 0 radical (unpaired) electrons. The molecule has 11 heteroatoms. The first-order valence-corrected chi connectivity index (χ1v) is 9.79. The Morgan fingerprint density at radius 2 is 1.94 bits per heavy atom. The fourth-order valence-electron chi connectivity index (χ4n) is 3.22. The smallest absolute Gasteiger partial charge is 0.273 e. The molecule has 2 amide bonds. The molecule has 1 fully saturated rings. The van der Waals surface area contributed by atoms with Crippen LogP contribution in [0.1, 0.15) is 5.76 Å². The Kier molecular flexibility index (Phi) is 5.71. The number of furan rings is 1. The number of rotatable bonds is 5. The summed E-state index contributed by atoms with van der Waals surface area (Å²) < 4.78 is 25.2. The number of amides is 2. The van der Waals surface area contributed by atoms with E-state index in [1.54, 1.807) is 6.07 Å². The first-order chi connectivity index (χ1) is 15.8. The molecule has 0 saturated carbocycles. The number of nitro benzene ring substituents is 1. The van der Waals surface area contributed by atoms with Crippen LogP contribution in [0.25, 0.3) is 17.4 Å². The Hall–Kier alpha value is -4.38. The number of halogens is 1. The average molecular weight is 467 g/mol. The lowest BCUT2D eigenvalue weighted by atomic mass is 10.1. The maximum atomic E-state index is 14.3. The monoisotopic (exact) mass is 467 g/mol. The molecule has 1 aliphatic rings. The van der Waals surface area contributed by atoms with Crippen LogP contribution in [0, 0.1) is 15.9 Å². The largest absolute Gasteiger partial charge is 0.496 e. The Morgan fingerprint density at radius 3 is 2.64 bits per heavy atom. The van der Waals surface area contributed by atoms with Gasteiger partial charge in [0.2, 0.25) is 0 Å². The molecule has 1 N–H and O–H groups in total. The first kappa shape index (κ1) is 21.8. The third-order valence-electron chi connectivity index (χ3n) is 4.77. The Morgan fingerprint density at radius 1 is 1.18 bits per heavy atom. The van der Waals surface area contributed by atoms with E-state index in [0.29, 0.717) is 11.3 Å². The van der Waals surface area contributed by atoms with Crippen LogP contribution in [0.5, 0.6) is 5.75 Å². The fourth-order valence-corrected chi connectivity index (χ4v) is 3.50. The highest BCUT2D eigenvalue weighted by Crippen LogP contribution is 2.35. The minimum atomic E-state index is -0.820. The Labute approximate surface area is 191 Å². The van der Waals surface area contributed by atoms with Gasteiger partial charge in [-0.3, -0.25) is 25.0 Å². The molecule has 3 aromatic rings. The van der Waals surface area contributed by atoms with Crippen LogP contribution >= 0.6 is 12.2 Å². The highest BCUT2D eigenvalue weighted by molar-refractivity contribution is 7.80. The van der Waals surface area contributed by atoms with E-state index in [1.165, 1.54) is 61.7 Å². The maximum absolute atomic E-state index is 14.3. The van der Waals surface area contributed by atoms with Crippen molar-refractivity contribution < 1.29 is 28.1 Å². The standard InChI is InChI=1S/C22H14FN3O6S/c1-31-19-10-12(26(29)30)6-8-14(19)18-9-7-13(32-18)11-15-20(27)24-22(33)25(21(15)28)17-5-3-2-4-16(17)23/h2-11H,1H3,(H,24,27,33)/b15-11+. The number of hydrogen-bond donors (Lipinski definition) is 1. The number of nitro groups is 1. The van der Waals surface area contributed by atoms with Gasteiger partial charge >= 0.3 is 0 Å². The van der Waals surface area contributed by atoms with Crippen molar-refractivity contribution in [3.63, 3.8) is 0 Å². The molecule has 0 aliphatic carbocycles. The molecule has 9 nitrogen and oxygen atoms in total. The molecule has 2 heterocycles. The third kappa shape index (κ3) is 4.08. The van der Waals surface area contributed by atoms with Gasteiger partial charge in [-0.2, -0.15) is 0 Å². The molecule has 0 atom stereocenters. The van der Waals surface area contributed by atoms with Crippen molar-refractivity contribution in [3.05, 3.63) is 81.9 Å². The number of methoxy groups -OCH3 is 1. The molecular formula is C22H14FN3O6S. The minimum Gasteiger partial charge on any atom is -0.496 e. The van der Waals surface area contributed by atoms with Crippen molar-refractivity contribution in [1.29, 1.82) is 0 Å². The van der Waals surface area contributed by atoms with Crippen molar-refractivity contribution in [2.75, 3.05) is 12.0 Å². The number of carbonyl (C=O) groups excluding carboxylic acids is 2. The highest BCUT2D eigenvalue weighted by atomic mass is 32.1. The van der Waals surface area contributed by atoms with Crippen LogP contribution in [0.3, 0.4) is 0 Å². The zero-order valence-electron chi connectivity index (χ0n) is 16.9. The van der Waals surface area contributed by atoms with E-state index in [-0.39, 0.29) is 33.6 Å². The molecule has 33 heavy (non-hydrogen) atoms. The van der Waals surface area contributed by atoms with Crippen molar-refractivity contribution >= 4 is 46.6 Å². The lowest BCUT2D eigenvalue weighted by molar-refractivity contribution is -0.384. The zero-order chi connectivity index (χ0) is 23.7. The quantitative estimate of drug-likeness (QED) is 0.199. The molecule has 1 aromatic heterocycles. The van der Waals surface area contributed by atoms with Gasteiger partial charge in [0.25, 0.3) is 17.5 Å². The van der Waals surface area contributed by atoms with Crippen LogP contribution < -0.4 is 15.0 Å². The summed E-state index contributed by atoms with van der Waals surface area (Å²) in [6.45, 7) is 0. The topological polar surface area (TPSA) is 115 Å². The molecule has 4 rings (SSSR count). The number of carbonyl (C=O) groups is 2. The summed E-state index contributed by atoms with van der Waals surface area (Å²) in [6.07, 6.45) is 1.20. The third-order valence-corrected chi connectivity index (χ3v) is 5.05. The van der Waals surface area contributed by atoms with Gasteiger partial charge in [0, 0.05) is 6.07 Å². The number of ether oxygens (including phenoxy) is 1. The maximum Gasteiger partial charge on any atom is 0.273 e. The number of nitrogens with zero attached hydrogens (tertiary/aromatic N) is 2.